The molecule has 11 atom stereocenters. The summed E-state index contributed by atoms with van der Waals surface area (Å²) < 4.78 is 51.1. The van der Waals surface area contributed by atoms with Crippen LogP contribution in [0.15, 0.2) is 0 Å². The number of esters is 2. The van der Waals surface area contributed by atoms with Gasteiger partial charge in [-0.1, -0.05) is 20.8 Å². The second-order valence-electron chi connectivity index (χ2n) is 14.0. The van der Waals surface area contributed by atoms with Crippen LogP contribution in [0, 0.1) is 46.3 Å². The van der Waals surface area contributed by atoms with Gasteiger partial charge >= 0.3 is 11.9 Å². The summed E-state index contributed by atoms with van der Waals surface area (Å²) in [5.74, 6) is -0.264. The van der Waals surface area contributed by atoms with Crippen LogP contribution in [0.4, 0.5) is 8.78 Å². The van der Waals surface area contributed by atoms with Crippen LogP contribution >= 0.6 is 0 Å². The molecule has 45 heavy (non-hydrogen) atoms. The molecule has 0 heterocycles. The Balaban J connectivity index is 1.42. The number of halogens is 2. The molecule has 0 spiro atoms. The van der Waals surface area contributed by atoms with Crippen molar-refractivity contribution in [2.75, 3.05) is 13.2 Å². The number of carbonyl (C=O) groups is 5. The van der Waals surface area contributed by atoms with Gasteiger partial charge in [-0.25, -0.2) is 8.78 Å². The van der Waals surface area contributed by atoms with Crippen LogP contribution in [-0.4, -0.2) is 69.3 Å². The van der Waals surface area contributed by atoms with Crippen LogP contribution < -0.4 is 0 Å². The zero-order valence-corrected chi connectivity index (χ0v) is 26.5. The first kappa shape index (κ1) is 35.1. The van der Waals surface area contributed by atoms with Crippen molar-refractivity contribution >= 4 is 31.4 Å². The summed E-state index contributed by atoms with van der Waals surface area (Å²) in [4.78, 5) is 58.6. The summed E-state index contributed by atoms with van der Waals surface area (Å²) in [6, 6.07) is 0. The lowest BCUT2D eigenvalue weighted by atomic mass is 9.43. The van der Waals surface area contributed by atoms with Gasteiger partial charge in [-0.15, -0.1) is 0 Å². The molecule has 0 N–H and O–H groups in total. The van der Waals surface area contributed by atoms with Crippen molar-refractivity contribution in [3.05, 3.63) is 0 Å². The van der Waals surface area contributed by atoms with Gasteiger partial charge in [0, 0.05) is 24.2 Å². The second kappa shape index (κ2) is 15.2. The highest BCUT2D eigenvalue weighted by Gasteiger charge is 2.67. The van der Waals surface area contributed by atoms with E-state index in [9.17, 15) is 32.8 Å². The lowest BCUT2D eigenvalue weighted by molar-refractivity contribution is -0.218. The largest absolute Gasteiger partial charge is 0.466 e. The molecule has 0 aromatic carbocycles. The summed E-state index contributed by atoms with van der Waals surface area (Å²) in [6.45, 7) is 7.27. The summed E-state index contributed by atoms with van der Waals surface area (Å²) in [5.41, 5.74) is -0.454. The Bertz CT molecular complexity index is 1060. The summed E-state index contributed by atoms with van der Waals surface area (Å²) in [6.07, 6.45) is 2.86. The number of hydrogen-bond donors (Lipinski definition) is 0. The molecule has 4 aliphatic carbocycles. The lowest BCUT2D eigenvalue weighted by Gasteiger charge is -2.64. The highest BCUT2D eigenvalue weighted by atomic mass is 19.3. The van der Waals surface area contributed by atoms with Gasteiger partial charge in [0.2, 0.25) is 0 Å². The van der Waals surface area contributed by atoms with E-state index in [1.165, 1.54) is 0 Å². The zero-order valence-electron chi connectivity index (χ0n) is 26.5. The van der Waals surface area contributed by atoms with E-state index in [0.29, 0.717) is 38.7 Å². The predicted octanol–water partition coefficient (Wildman–Crippen LogP) is 5.04. The Morgan fingerprint density at radius 2 is 1.58 bits per heavy atom. The molecule has 254 valence electrons. The fraction of sp³-hybridized carbons (Fsp3) is 0.848. The molecule has 4 aliphatic rings. The van der Waals surface area contributed by atoms with Crippen molar-refractivity contribution in [3.8, 4) is 0 Å². The Morgan fingerprint density at radius 1 is 0.867 bits per heavy atom. The quantitative estimate of drug-likeness (QED) is 0.0977. The third kappa shape index (κ3) is 7.45. The molecule has 0 bridgehead atoms. The first-order chi connectivity index (χ1) is 21.5. The molecule has 0 aromatic rings. The molecule has 0 aromatic heterocycles. The van der Waals surface area contributed by atoms with Crippen LogP contribution in [0.2, 0.25) is 0 Å². The number of rotatable bonds is 16. The molecular weight excluding hydrogens is 594 g/mol. The van der Waals surface area contributed by atoms with Gasteiger partial charge < -0.3 is 23.7 Å². The number of alkyl halides is 2. The summed E-state index contributed by atoms with van der Waals surface area (Å²) in [5, 5.41) is 0. The minimum absolute atomic E-state index is 0.00156. The van der Waals surface area contributed by atoms with Crippen LogP contribution in [0.1, 0.15) is 91.4 Å². The average Bonchev–Trinajstić information content (AvgIpc) is 3.36. The van der Waals surface area contributed by atoms with Crippen LogP contribution in [0.25, 0.3) is 0 Å². The minimum atomic E-state index is -2.72. The van der Waals surface area contributed by atoms with Crippen LogP contribution in [0.5, 0.6) is 0 Å². The Hall–Kier alpha value is -2.79. The first-order valence-electron chi connectivity index (χ1n) is 16.4. The molecule has 12 heteroatoms. The SMILES string of the molecule is C[C@H](CCC(=O)OCCCC(=O)OCC(F)F)[C@H]1CC[C@H]2[C@@H]3C(OC=O)C[C@@H]4CC(OC=O)CC[C@]4(C)[C@H]3CC(OC=O)[C@]12C. The number of hydrogen-bond acceptors (Lipinski definition) is 10. The Labute approximate surface area is 263 Å². The maximum atomic E-state index is 12.5. The van der Waals surface area contributed by atoms with Crippen molar-refractivity contribution in [1.29, 1.82) is 0 Å². The zero-order chi connectivity index (χ0) is 32.8. The van der Waals surface area contributed by atoms with Gasteiger partial charge in [-0.3, -0.25) is 24.0 Å². The second-order valence-corrected chi connectivity index (χ2v) is 14.0. The van der Waals surface area contributed by atoms with Gasteiger partial charge in [0.15, 0.2) is 6.61 Å². The molecule has 0 saturated heterocycles. The summed E-state index contributed by atoms with van der Waals surface area (Å²) >= 11 is 0. The summed E-state index contributed by atoms with van der Waals surface area (Å²) in [7, 11) is 0. The molecule has 0 amide bonds. The molecule has 0 radical (unpaired) electrons. The Kier molecular flexibility index (Phi) is 11.8. The van der Waals surface area contributed by atoms with Gasteiger partial charge in [0.1, 0.15) is 18.3 Å². The van der Waals surface area contributed by atoms with Gasteiger partial charge in [0.05, 0.1) is 6.61 Å². The molecular formula is C33H48F2O10. The third-order valence-electron chi connectivity index (χ3n) is 12.1. The number of fused-ring (bicyclic) bond motifs is 5. The normalized spacial score (nSPS) is 37.6. The van der Waals surface area contributed by atoms with Crippen molar-refractivity contribution in [1.82, 2.24) is 0 Å². The van der Waals surface area contributed by atoms with Crippen molar-refractivity contribution in [2.24, 2.45) is 46.3 Å². The Morgan fingerprint density at radius 3 is 2.27 bits per heavy atom. The van der Waals surface area contributed by atoms with E-state index < -0.39 is 25.0 Å². The third-order valence-corrected chi connectivity index (χ3v) is 12.1. The molecule has 4 saturated carbocycles. The van der Waals surface area contributed by atoms with E-state index in [1.54, 1.807) is 0 Å². The van der Waals surface area contributed by atoms with Crippen molar-refractivity contribution in [2.45, 2.75) is 116 Å². The molecule has 4 fully saturated rings. The predicted molar refractivity (Wildman–Crippen MR) is 154 cm³/mol. The average molecular weight is 643 g/mol. The number of carbonyl (C=O) groups excluding carboxylic acids is 5. The van der Waals surface area contributed by atoms with Crippen LogP contribution in [-0.2, 0) is 47.7 Å². The van der Waals surface area contributed by atoms with E-state index in [-0.39, 0.29) is 90.5 Å². The maximum absolute atomic E-state index is 12.5. The lowest BCUT2D eigenvalue weighted by Crippen LogP contribution is -2.63. The molecule has 3 unspecified atom stereocenters. The van der Waals surface area contributed by atoms with Crippen molar-refractivity contribution in [3.63, 3.8) is 0 Å². The van der Waals surface area contributed by atoms with Gasteiger partial charge in [-0.05, 0) is 92.8 Å². The maximum Gasteiger partial charge on any atom is 0.306 e. The fourth-order valence-corrected chi connectivity index (χ4v) is 10.00. The highest BCUT2D eigenvalue weighted by molar-refractivity contribution is 5.70. The van der Waals surface area contributed by atoms with E-state index in [1.807, 2.05) is 0 Å². The molecule has 0 aliphatic heterocycles. The first-order valence-corrected chi connectivity index (χ1v) is 16.4. The van der Waals surface area contributed by atoms with E-state index in [4.69, 9.17) is 18.9 Å². The molecule has 4 rings (SSSR count). The van der Waals surface area contributed by atoms with Crippen molar-refractivity contribution < 1.29 is 56.4 Å². The van der Waals surface area contributed by atoms with E-state index in [2.05, 4.69) is 25.5 Å². The van der Waals surface area contributed by atoms with Crippen LogP contribution in [0.3, 0.4) is 0 Å². The molecule has 10 nitrogen and oxygen atoms in total. The standard InChI is InChI=1S/C33H48F2O10/c1-20(6-9-30(40)41-12-4-5-29(39)42-16-28(34)35)23-7-8-24-31-25(15-27(45-19-38)33(23,24)3)32(2)11-10-22(43-17-36)13-21(32)14-26(31)44-18-37/h17-28,31H,4-16H2,1-3H3/t20-,21+,22?,23-,24+,25+,26?,27?,31+,32+,33-/m1/s1. The number of ether oxygens (including phenoxy) is 5. The monoisotopic (exact) mass is 642 g/mol. The highest BCUT2D eigenvalue weighted by Crippen LogP contribution is 2.69. The van der Waals surface area contributed by atoms with Gasteiger partial charge in [0.25, 0.3) is 25.8 Å². The fourth-order valence-electron chi connectivity index (χ4n) is 10.00. The van der Waals surface area contributed by atoms with E-state index >= 15 is 0 Å². The minimum Gasteiger partial charge on any atom is -0.466 e. The van der Waals surface area contributed by atoms with E-state index in [0.717, 1.165) is 32.1 Å². The topological polar surface area (TPSA) is 132 Å². The van der Waals surface area contributed by atoms with Gasteiger partial charge in [-0.2, -0.15) is 0 Å². The smallest absolute Gasteiger partial charge is 0.306 e.